The molecule has 0 saturated heterocycles. The van der Waals surface area contributed by atoms with Crippen LogP contribution in [-0.4, -0.2) is 41.1 Å². The molecule has 1 rings (SSSR count). The Morgan fingerprint density at radius 3 is 2.24 bits per heavy atom. The largest absolute Gasteiger partial charge is 0.481 e. The normalized spacial score (nSPS) is 16.7. The van der Waals surface area contributed by atoms with Gasteiger partial charge < -0.3 is 15.3 Å². The lowest BCUT2D eigenvalue weighted by atomic mass is 9.84. The molecule has 1 unspecified atom stereocenters. The molecule has 0 radical (unpaired) electrons. The second-order valence-electron chi connectivity index (χ2n) is 7.76. The van der Waals surface area contributed by atoms with Crippen molar-refractivity contribution in [3.8, 4) is 0 Å². The summed E-state index contributed by atoms with van der Waals surface area (Å²) in [6.45, 7) is 11.1. The van der Waals surface area contributed by atoms with Gasteiger partial charge in [-0.3, -0.25) is 4.79 Å². The van der Waals surface area contributed by atoms with Crippen molar-refractivity contribution in [1.82, 2.24) is 10.2 Å². The molecule has 0 aromatic heterocycles. The highest BCUT2D eigenvalue weighted by atomic mass is 16.4. The van der Waals surface area contributed by atoms with Gasteiger partial charge in [-0.2, -0.15) is 0 Å². The first-order valence-electron chi connectivity index (χ1n) is 7.87. The van der Waals surface area contributed by atoms with E-state index in [1.807, 2.05) is 25.7 Å². The number of aliphatic carboxylic acids is 1. The van der Waals surface area contributed by atoms with Crippen LogP contribution in [0, 0.1) is 17.3 Å². The Morgan fingerprint density at radius 1 is 1.29 bits per heavy atom. The highest BCUT2D eigenvalue weighted by Crippen LogP contribution is 2.28. The summed E-state index contributed by atoms with van der Waals surface area (Å²) in [4.78, 5) is 25.5. The number of carboxylic acid groups (broad SMARTS) is 1. The van der Waals surface area contributed by atoms with Gasteiger partial charge >= 0.3 is 12.0 Å². The molecule has 5 nitrogen and oxygen atoms in total. The Bertz CT molecular complexity index is 370. The van der Waals surface area contributed by atoms with Gasteiger partial charge in [0.1, 0.15) is 0 Å². The zero-order chi connectivity index (χ0) is 16.2. The van der Waals surface area contributed by atoms with Crippen LogP contribution in [0.5, 0.6) is 0 Å². The smallest absolute Gasteiger partial charge is 0.317 e. The topological polar surface area (TPSA) is 69.6 Å². The van der Waals surface area contributed by atoms with Crippen LogP contribution in [0.25, 0.3) is 0 Å². The van der Waals surface area contributed by atoms with E-state index in [0.29, 0.717) is 18.4 Å². The van der Waals surface area contributed by atoms with Gasteiger partial charge in [-0.05, 0) is 30.6 Å². The van der Waals surface area contributed by atoms with E-state index in [0.717, 1.165) is 19.4 Å². The van der Waals surface area contributed by atoms with Crippen LogP contribution in [0.3, 0.4) is 0 Å². The van der Waals surface area contributed by atoms with Crippen molar-refractivity contribution in [2.45, 2.75) is 59.9 Å². The van der Waals surface area contributed by atoms with Crippen LogP contribution in [0.1, 0.15) is 53.9 Å². The van der Waals surface area contributed by atoms with E-state index in [9.17, 15) is 14.7 Å². The Morgan fingerprint density at radius 2 is 1.86 bits per heavy atom. The number of nitrogens with zero attached hydrogens (tertiary/aromatic N) is 1. The Balaban J connectivity index is 2.53. The Kier molecular flexibility index (Phi) is 6.05. The molecule has 0 aromatic rings. The highest BCUT2D eigenvalue weighted by Gasteiger charge is 2.33. The van der Waals surface area contributed by atoms with Crippen LogP contribution in [0.4, 0.5) is 4.79 Å². The first kappa shape index (κ1) is 17.8. The highest BCUT2D eigenvalue weighted by molar-refractivity contribution is 5.76. The van der Waals surface area contributed by atoms with Gasteiger partial charge in [0, 0.05) is 19.1 Å². The van der Waals surface area contributed by atoms with Crippen molar-refractivity contribution in [3.05, 3.63) is 0 Å². The van der Waals surface area contributed by atoms with Gasteiger partial charge in [0.2, 0.25) is 0 Å². The zero-order valence-electron chi connectivity index (χ0n) is 14.0. The van der Waals surface area contributed by atoms with Crippen LogP contribution in [0.15, 0.2) is 0 Å². The van der Waals surface area contributed by atoms with Crippen molar-refractivity contribution in [3.63, 3.8) is 0 Å². The predicted molar refractivity (Wildman–Crippen MR) is 83.2 cm³/mol. The van der Waals surface area contributed by atoms with E-state index in [1.54, 1.807) is 0 Å². The number of urea groups is 1. The molecule has 5 heteroatoms. The molecule has 122 valence electrons. The first-order valence-corrected chi connectivity index (χ1v) is 7.87. The summed E-state index contributed by atoms with van der Waals surface area (Å²) in [5, 5.41) is 12.1. The lowest BCUT2D eigenvalue weighted by molar-refractivity contribution is -0.142. The van der Waals surface area contributed by atoms with Crippen molar-refractivity contribution in [2.75, 3.05) is 13.1 Å². The maximum absolute atomic E-state index is 12.3. The number of rotatable bonds is 7. The molecule has 1 atom stereocenters. The summed E-state index contributed by atoms with van der Waals surface area (Å²) in [6, 6.07) is 0.227. The Labute approximate surface area is 128 Å². The average molecular weight is 298 g/mol. The molecule has 21 heavy (non-hydrogen) atoms. The summed E-state index contributed by atoms with van der Waals surface area (Å²) in [5.41, 5.74) is -0.0676. The molecule has 1 saturated carbocycles. The minimum Gasteiger partial charge on any atom is -0.481 e. The average Bonchev–Trinajstić information content (AvgIpc) is 3.13. The lowest BCUT2D eigenvalue weighted by Crippen LogP contribution is -2.45. The molecule has 2 N–H and O–H groups in total. The van der Waals surface area contributed by atoms with Crippen LogP contribution >= 0.6 is 0 Å². The third-order valence-corrected chi connectivity index (χ3v) is 3.52. The van der Waals surface area contributed by atoms with E-state index < -0.39 is 11.9 Å². The monoisotopic (exact) mass is 298 g/mol. The molecular weight excluding hydrogens is 268 g/mol. The van der Waals surface area contributed by atoms with Crippen molar-refractivity contribution >= 4 is 12.0 Å². The maximum atomic E-state index is 12.3. The summed E-state index contributed by atoms with van der Waals surface area (Å²) in [5.74, 6) is -0.956. The molecule has 0 bridgehead atoms. The molecule has 0 spiro atoms. The molecule has 0 aliphatic heterocycles. The number of carbonyl (C=O) groups excluding carboxylic acids is 1. The molecular formula is C16H30N2O3. The Hall–Kier alpha value is -1.26. The number of amides is 2. The molecule has 1 aliphatic carbocycles. The minimum absolute atomic E-state index is 0.0676. The fraction of sp³-hybridized carbons (Fsp3) is 0.875. The molecule has 2 amide bonds. The van der Waals surface area contributed by atoms with E-state index in [-0.39, 0.29) is 18.0 Å². The van der Waals surface area contributed by atoms with E-state index in [4.69, 9.17) is 0 Å². The van der Waals surface area contributed by atoms with Gasteiger partial charge in [-0.15, -0.1) is 0 Å². The van der Waals surface area contributed by atoms with Gasteiger partial charge in [-0.1, -0.05) is 34.6 Å². The quantitative estimate of drug-likeness (QED) is 0.759. The molecule has 0 heterocycles. The van der Waals surface area contributed by atoms with Crippen molar-refractivity contribution in [2.24, 2.45) is 17.3 Å². The van der Waals surface area contributed by atoms with Crippen molar-refractivity contribution in [1.29, 1.82) is 0 Å². The number of nitrogens with one attached hydrogen (secondary N) is 1. The number of carbonyl (C=O) groups is 2. The number of hydrogen-bond acceptors (Lipinski definition) is 2. The van der Waals surface area contributed by atoms with Gasteiger partial charge in [0.25, 0.3) is 0 Å². The SMILES string of the molecule is CC(C)CN(C(=O)NCC(CC(C)(C)C)C(=O)O)C1CC1. The third-order valence-electron chi connectivity index (χ3n) is 3.52. The fourth-order valence-electron chi connectivity index (χ4n) is 2.48. The van der Waals surface area contributed by atoms with E-state index in [2.05, 4.69) is 19.2 Å². The second-order valence-corrected chi connectivity index (χ2v) is 7.76. The van der Waals surface area contributed by atoms with Crippen LogP contribution in [-0.2, 0) is 4.79 Å². The number of hydrogen-bond donors (Lipinski definition) is 2. The summed E-state index contributed by atoms with van der Waals surface area (Å²) >= 11 is 0. The molecule has 1 aliphatic rings. The lowest BCUT2D eigenvalue weighted by Gasteiger charge is -2.27. The summed E-state index contributed by atoms with van der Waals surface area (Å²) < 4.78 is 0. The second kappa shape index (κ2) is 7.14. The van der Waals surface area contributed by atoms with Crippen LogP contribution < -0.4 is 5.32 Å². The zero-order valence-corrected chi connectivity index (χ0v) is 14.0. The molecule has 1 fully saturated rings. The third kappa shape index (κ3) is 6.82. The summed E-state index contributed by atoms with van der Waals surface area (Å²) in [6.07, 6.45) is 2.67. The van der Waals surface area contributed by atoms with Crippen LogP contribution in [0.2, 0.25) is 0 Å². The number of carboxylic acids is 1. The van der Waals surface area contributed by atoms with Gasteiger partial charge in [-0.25, -0.2) is 4.79 Å². The molecule has 0 aromatic carbocycles. The predicted octanol–water partition coefficient (Wildman–Crippen LogP) is 2.95. The van der Waals surface area contributed by atoms with E-state index >= 15 is 0 Å². The van der Waals surface area contributed by atoms with Gasteiger partial charge in [0.15, 0.2) is 0 Å². The van der Waals surface area contributed by atoms with Gasteiger partial charge in [0.05, 0.1) is 5.92 Å². The van der Waals surface area contributed by atoms with E-state index in [1.165, 1.54) is 0 Å². The fourth-order valence-corrected chi connectivity index (χ4v) is 2.48. The standard InChI is InChI=1S/C16H30N2O3/c1-11(2)10-18(13-6-7-13)15(21)17-9-12(14(19)20)8-16(3,4)5/h11-13H,6-10H2,1-5H3,(H,17,21)(H,19,20). The first-order chi connectivity index (χ1) is 9.60. The minimum atomic E-state index is -0.841. The maximum Gasteiger partial charge on any atom is 0.317 e. The summed E-state index contributed by atoms with van der Waals surface area (Å²) in [7, 11) is 0. The van der Waals surface area contributed by atoms with Crippen molar-refractivity contribution < 1.29 is 14.7 Å².